The maximum absolute atomic E-state index is 6.49. The van der Waals surface area contributed by atoms with Crippen molar-refractivity contribution in [3.8, 4) is 5.75 Å². The van der Waals surface area contributed by atoms with Gasteiger partial charge in [0.25, 0.3) is 0 Å². The summed E-state index contributed by atoms with van der Waals surface area (Å²) in [5.41, 5.74) is 4.95. The fourth-order valence-corrected chi connectivity index (χ4v) is 2.82. The van der Waals surface area contributed by atoms with Gasteiger partial charge < -0.3 is 4.74 Å². The summed E-state index contributed by atoms with van der Waals surface area (Å²) >= 11 is 6.49. The number of rotatable bonds is 5. The molecular weight excluding hydrogens is 268 g/mol. The van der Waals surface area contributed by atoms with Gasteiger partial charge in [-0.2, -0.15) is 0 Å². The molecule has 1 nitrogen and oxygen atoms in total. The van der Waals surface area contributed by atoms with Gasteiger partial charge in [0.05, 0.1) is 12.5 Å². The third-order valence-corrected chi connectivity index (χ3v) is 4.08. The van der Waals surface area contributed by atoms with E-state index < -0.39 is 0 Å². The molecule has 0 N–H and O–H groups in total. The fraction of sp³-hybridized carbons (Fsp3) is 0.333. The van der Waals surface area contributed by atoms with Crippen LogP contribution in [0.25, 0.3) is 0 Å². The number of ether oxygens (including phenoxy) is 1. The third-order valence-electron chi connectivity index (χ3n) is 3.61. The predicted molar refractivity (Wildman–Crippen MR) is 85.8 cm³/mol. The third kappa shape index (κ3) is 3.55. The summed E-state index contributed by atoms with van der Waals surface area (Å²) in [6.07, 6.45) is 1.84. The zero-order chi connectivity index (χ0) is 14.5. The van der Waals surface area contributed by atoms with Crippen LogP contribution in [0.4, 0.5) is 0 Å². The Morgan fingerprint density at radius 3 is 2.45 bits per heavy atom. The van der Waals surface area contributed by atoms with Crippen molar-refractivity contribution >= 4 is 11.6 Å². The standard InChI is InChI=1S/C18H21ClO/c1-13-11-14(2)16(18(12-13)20-3)9-10-17(19)15-7-5-4-6-8-15/h4-8,11-12,17H,9-10H2,1-3H3. The van der Waals surface area contributed by atoms with Gasteiger partial charge >= 0.3 is 0 Å². The largest absolute Gasteiger partial charge is 0.496 e. The number of benzene rings is 2. The molecule has 0 aliphatic heterocycles. The summed E-state index contributed by atoms with van der Waals surface area (Å²) in [7, 11) is 1.73. The second-order valence-corrected chi connectivity index (χ2v) is 5.71. The Morgan fingerprint density at radius 1 is 1.10 bits per heavy atom. The topological polar surface area (TPSA) is 9.23 Å². The molecule has 0 spiro atoms. The molecule has 1 unspecified atom stereocenters. The fourth-order valence-electron chi connectivity index (χ4n) is 2.56. The lowest BCUT2D eigenvalue weighted by Gasteiger charge is -2.15. The summed E-state index contributed by atoms with van der Waals surface area (Å²) in [5, 5.41) is 0.0432. The van der Waals surface area contributed by atoms with Gasteiger partial charge in [-0.1, -0.05) is 36.4 Å². The second kappa shape index (κ2) is 6.81. The minimum atomic E-state index is 0.0432. The number of halogens is 1. The molecule has 0 bridgehead atoms. The van der Waals surface area contributed by atoms with Gasteiger partial charge in [-0.15, -0.1) is 11.6 Å². The number of methoxy groups -OCH3 is 1. The number of hydrogen-bond acceptors (Lipinski definition) is 1. The zero-order valence-corrected chi connectivity index (χ0v) is 13.1. The summed E-state index contributed by atoms with van der Waals surface area (Å²) < 4.78 is 5.50. The molecule has 0 saturated heterocycles. The summed E-state index contributed by atoms with van der Waals surface area (Å²) in [4.78, 5) is 0. The molecule has 2 rings (SSSR count). The van der Waals surface area contributed by atoms with Crippen LogP contribution in [-0.2, 0) is 6.42 Å². The van der Waals surface area contributed by atoms with Crippen molar-refractivity contribution in [3.05, 3.63) is 64.7 Å². The molecule has 0 saturated carbocycles. The van der Waals surface area contributed by atoms with Crippen LogP contribution in [0.1, 0.15) is 34.1 Å². The van der Waals surface area contributed by atoms with E-state index in [9.17, 15) is 0 Å². The van der Waals surface area contributed by atoms with Crippen LogP contribution in [0.15, 0.2) is 42.5 Å². The van der Waals surface area contributed by atoms with Crippen LogP contribution >= 0.6 is 11.6 Å². The monoisotopic (exact) mass is 288 g/mol. The molecule has 1 atom stereocenters. The van der Waals surface area contributed by atoms with Gasteiger partial charge in [-0.3, -0.25) is 0 Å². The van der Waals surface area contributed by atoms with Gasteiger partial charge in [-0.25, -0.2) is 0 Å². The average molecular weight is 289 g/mol. The van der Waals surface area contributed by atoms with E-state index in [1.807, 2.05) is 18.2 Å². The first-order valence-corrected chi connectivity index (χ1v) is 7.38. The zero-order valence-electron chi connectivity index (χ0n) is 12.3. The first kappa shape index (κ1) is 14.9. The molecular formula is C18H21ClO. The van der Waals surface area contributed by atoms with Crippen LogP contribution in [-0.4, -0.2) is 7.11 Å². The summed E-state index contributed by atoms with van der Waals surface area (Å²) in [5.74, 6) is 0.972. The highest BCUT2D eigenvalue weighted by molar-refractivity contribution is 6.20. The molecule has 0 fully saturated rings. The van der Waals surface area contributed by atoms with Crippen molar-refractivity contribution in [2.75, 3.05) is 7.11 Å². The Morgan fingerprint density at radius 2 is 1.80 bits per heavy atom. The second-order valence-electron chi connectivity index (χ2n) is 5.18. The van der Waals surface area contributed by atoms with Gasteiger partial charge in [0.15, 0.2) is 0 Å². The van der Waals surface area contributed by atoms with E-state index in [2.05, 4.69) is 38.1 Å². The molecule has 2 heteroatoms. The van der Waals surface area contributed by atoms with E-state index in [0.29, 0.717) is 0 Å². The van der Waals surface area contributed by atoms with Gasteiger partial charge in [-0.05, 0) is 55.0 Å². The lowest BCUT2D eigenvalue weighted by molar-refractivity contribution is 0.408. The Hall–Kier alpha value is -1.47. The molecule has 0 aliphatic carbocycles. The van der Waals surface area contributed by atoms with Crippen LogP contribution in [0.3, 0.4) is 0 Å². The van der Waals surface area contributed by atoms with Crippen molar-refractivity contribution in [3.63, 3.8) is 0 Å². The Kier molecular flexibility index (Phi) is 5.08. The van der Waals surface area contributed by atoms with Crippen molar-refractivity contribution in [2.24, 2.45) is 0 Å². The Balaban J connectivity index is 2.11. The molecule has 20 heavy (non-hydrogen) atoms. The van der Waals surface area contributed by atoms with Gasteiger partial charge in [0.2, 0.25) is 0 Å². The molecule has 0 amide bonds. The number of aryl methyl sites for hydroxylation is 2. The predicted octanol–water partition coefficient (Wildman–Crippen LogP) is 5.22. The Bertz CT molecular complexity index is 563. The smallest absolute Gasteiger partial charge is 0.122 e. The van der Waals surface area contributed by atoms with Crippen LogP contribution < -0.4 is 4.74 Å². The van der Waals surface area contributed by atoms with Gasteiger partial charge in [0, 0.05) is 0 Å². The van der Waals surface area contributed by atoms with E-state index in [-0.39, 0.29) is 5.38 Å². The average Bonchev–Trinajstić information content (AvgIpc) is 2.46. The van der Waals surface area contributed by atoms with Crippen molar-refractivity contribution in [1.82, 2.24) is 0 Å². The van der Waals surface area contributed by atoms with E-state index in [0.717, 1.165) is 18.6 Å². The van der Waals surface area contributed by atoms with E-state index in [4.69, 9.17) is 16.3 Å². The maximum Gasteiger partial charge on any atom is 0.122 e. The van der Waals surface area contributed by atoms with Crippen molar-refractivity contribution in [1.29, 1.82) is 0 Å². The van der Waals surface area contributed by atoms with Crippen LogP contribution in [0.5, 0.6) is 5.75 Å². The molecule has 106 valence electrons. The first-order chi connectivity index (χ1) is 9.61. The first-order valence-electron chi connectivity index (χ1n) is 6.95. The molecule has 0 heterocycles. The molecule has 2 aromatic rings. The highest BCUT2D eigenvalue weighted by atomic mass is 35.5. The number of hydrogen-bond donors (Lipinski definition) is 0. The SMILES string of the molecule is COc1cc(C)cc(C)c1CCC(Cl)c1ccccc1. The maximum atomic E-state index is 6.49. The minimum absolute atomic E-state index is 0.0432. The molecule has 0 radical (unpaired) electrons. The lowest BCUT2D eigenvalue weighted by Crippen LogP contribution is -2.00. The highest BCUT2D eigenvalue weighted by Gasteiger charge is 2.12. The quantitative estimate of drug-likeness (QED) is 0.685. The lowest BCUT2D eigenvalue weighted by atomic mass is 9.97. The number of alkyl halides is 1. The van der Waals surface area contributed by atoms with Crippen molar-refractivity contribution < 1.29 is 4.74 Å². The Labute approximate surface area is 126 Å². The van der Waals surface area contributed by atoms with E-state index in [1.165, 1.54) is 22.3 Å². The van der Waals surface area contributed by atoms with E-state index >= 15 is 0 Å². The van der Waals surface area contributed by atoms with E-state index in [1.54, 1.807) is 7.11 Å². The van der Waals surface area contributed by atoms with Crippen LogP contribution in [0.2, 0.25) is 0 Å². The van der Waals surface area contributed by atoms with Crippen LogP contribution in [0, 0.1) is 13.8 Å². The minimum Gasteiger partial charge on any atom is -0.496 e. The molecule has 2 aromatic carbocycles. The molecule has 0 aromatic heterocycles. The summed E-state index contributed by atoms with van der Waals surface area (Å²) in [6, 6.07) is 14.5. The molecule has 0 aliphatic rings. The van der Waals surface area contributed by atoms with Gasteiger partial charge in [0.1, 0.15) is 5.75 Å². The van der Waals surface area contributed by atoms with Crippen molar-refractivity contribution in [2.45, 2.75) is 32.1 Å². The highest BCUT2D eigenvalue weighted by Crippen LogP contribution is 2.30. The normalized spacial score (nSPS) is 12.2. The summed E-state index contributed by atoms with van der Waals surface area (Å²) in [6.45, 7) is 4.23.